The van der Waals surface area contributed by atoms with E-state index >= 15 is 0 Å². The molecule has 2 N–H and O–H groups in total. The topological polar surface area (TPSA) is 71.1 Å². The summed E-state index contributed by atoms with van der Waals surface area (Å²) in [5.41, 5.74) is 0.864. The Balaban J connectivity index is 2.20. The van der Waals surface area contributed by atoms with Crippen LogP contribution in [0.15, 0.2) is 36.5 Å². The van der Waals surface area contributed by atoms with Crippen LogP contribution in [0.1, 0.15) is 34.7 Å². The molecule has 7 heteroatoms. The first-order valence-corrected chi connectivity index (χ1v) is 7.65. The first-order chi connectivity index (χ1) is 10.9. The molecular weight excluding hydrogens is 337 g/mol. The highest BCUT2D eigenvalue weighted by atomic mass is 35.5. The molecule has 1 aromatic heterocycles. The molecule has 2 rings (SSSR count). The van der Waals surface area contributed by atoms with Gasteiger partial charge in [-0.05, 0) is 44.2 Å². The fraction of sp³-hybridized carbons (Fsp3) is 0.188. The van der Waals surface area contributed by atoms with E-state index in [4.69, 9.17) is 23.2 Å². The number of rotatable bonds is 4. The number of amides is 2. The van der Waals surface area contributed by atoms with Crippen molar-refractivity contribution in [3.05, 3.63) is 57.8 Å². The van der Waals surface area contributed by atoms with Gasteiger partial charge < -0.3 is 10.6 Å². The summed E-state index contributed by atoms with van der Waals surface area (Å²) < 4.78 is 0. The van der Waals surface area contributed by atoms with Gasteiger partial charge in [0.05, 0.1) is 10.7 Å². The van der Waals surface area contributed by atoms with E-state index in [2.05, 4.69) is 15.6 Å². The predicted octanol–water partition coefficient (Wildman–Crippen LogP) is 3.78. The van der Waals surface area contributed by atoms with Gasteiger partial charge in [0.1, 0.15) is 5.69 Å². The van der Waals surface area contributed by atoms with E-state index in [1.165, 1.54) is 18.3 Å². The lowest BCUT2D eigenvalue weighted by Gasteiger charge is -2.10. The minimum absolute atomic E-state index is 0.0213. The first-order valence-electron chi connectivity index (χ1n) is 6.90. The van der Waals surface area contributed by atoms with Gasteiger partial charge in [-0.25, -0.2) is 0 Å². The van der Waals surface area contributed by atoms with E-state index in [1.54, 1.807) is 18.2 Å². The second kappa shape index (κ2) is 7.44. The molecule has 0 aliphatic heterocycles. The van der Waals surface area contributed by atoms with E-state index in [9.17, 15) is 9.59 Å². The summed E-state index contributed by atoms with van der Waals surface area (Å²) >= 11 is 11.9. The number of nitrogens with one attached hydrogen (secondary N) is 2. The smallest absolute Gasteiger partial charge is 0.270 e. The maximum absolute atomic E-state index is 12.3. The zero-order chi connectivity index (χ0) is 17.0. The number of carbonyl (C=O) groups is 2. The lowest BCUT2D eigenvalue weighted by atomic mass is 10.2. The van der Waals surface area contributed by atoms with Crippen molar-refractivity contribution in [3.8, 4) is 0 Å². The van der Waals surface area contributed by atoms with Crippen LogP contribution in [0, 0.1) is 0 Å². The van der Waals surface area contributed by atoms with Gasteiger partial charge in [0.15, 0.2) is 0 Å². The molecule has 0 spiro atoms. The Kier molecular flexibility index (Phi) is 5.58. The largest absolute Gasteiger partial charge is 0.349 e. The Morgan fingerprint density at radius 1 is 1.09 bits per heavy atom. The molecule has 120 valence electrons. The number of hydrogen-bond donors (Lipinski definition) is 2. The summed E-state index contributed by atoms with van der Waals surface area (Å²) in [4.78, 5) is 28.2. The number of pyridine rings is 1. The lowest BCUT2D eigenvalue weighted by Crippen LogP contribution is -2.31. The number of benzene rings is 1. The zero-order valence-electron chi connectivity index (χ0n) is 12.6. The van der Waals surface area contributed by atoms with Crippen LogP contribution in [0.4, 0.5) is 5.69 Å². The van der Waals surface area contributed by atoms with Crippen LogP contribution < -0.4 is 10.6 Å². The van der Waals surface area contributed by atoms with E-state index in [-0.39, 0.29) is 17.6 Å². The van der Waals surface area contributed by atoms with Gasteiger partial charge in [-0.15, -0.1) is 0 Å². The molecule has 0 fully saturated rings. The van der Waals surface area contributed by atoms with E-state index in [0.717, 1.165) is 0 Å². The average Bonchev–Trinajstić information content (AvgIpc) is 2.50. The molecule has 1 heterocycles. The monoisotopic (exact) mass is 351 g/mol. The number of halogens is 2. The number of aromatic nitrogens is 1. The van der Waals surface area contributed by atoms with Crippen LogP contribution in [-0.4, -0.2) is 22.8 Å². The minimum Gasteiger partial charge on any atom is -0.349 e. The predicted molar refractivity (Wildman–Crippen MR) is 91.3 cm³/mol. The maximum atomic E-state index is 12.3. The normalized spacial score (nSPS) is 10.5. The Morgan fingerprint density at radius 3 is 2.52 bits per heavy atom. The van der Waals surface area contributed by atoms with Crippen LogP contribution in [0.3, 0.4) is 0 Å². The average molecular weight is 352 g/mol. The zero-order valence-corrected chi connectivity index (χ0v) is 14.1. The Bertz CT molecular complexity index is 748. The van der Waals surface area contributed by atoms with Gasteiger partial charge in [-0.3, -0.25) is 14.6 Å². The number of carbonyl (C=O) groups excluding carboxylic acids is 2. The van der Waals surface area contributed by atoms with Gasteiger partial charge in [-0.2, -0.15) is 0 Å². The molecule has 0 saturated heterocycles. The summed E-state index contributed by atoms with van der Waals surface area (Å²) in [6.07, 6.45) is 1.41. The van der Waals surface area contributed by atoms with Crippen molar-refractivity contribution in [2.75, 3.05) is 5.32 Å². The van der Waals surface area contributed by atoms with E-state index in [0.29, 0.717) is 21.3 Å². The second-order valence-corrected chi connectivity index (χ2v) is 5.98. The molecule has 23 heavy (non-hydrogen) atoms. The van der Waals surface area contributed by atoms with E-state index in [1.807, 2.05) is 13.8 Å². The highest BCUT2D eigenvalue weighted by Crippen LogP contribution is 2.25. The second-order valence-electron chi connectivity index (χ2n) is 5.14. The van der Waals surface area contributed by atoms with Crippen LogP contribution in [-0.2, 0) is 0 Å². The molecule has 2 aromatic rings. The maximum Gasteiger partial charge on any atom is 0.270 e. The number of hydrogen-bond acceptors (Lipinski definition) is 3. The van der Waals surface area contributed by atoms with Crippen molar-refractivity contribution >= 4 is 40.7 Å². The highest BCUT2D eigenvalue weighted by Gasteiger charge is 2.13. The molecule has 0 aliphatic rings. The molecule has 0 radical (unpaired) electrons. The van der Waals surface area contributed by atoms with Crippen LogP contribution in [0.25, 0.3) is 0 Å². The third-order valence-electron chi connectivity index (χ3n) is 2.85. The van der Waals surface area contributed by atoms with Crippen molar-refractivity contribution in [1.82, 2.24) is 10.3 Å². The summed E-state index contributed by atoms with van der Waals surface area (Å²) in [6.45, 7) is 3.69. The van der Waals surface area contributed by atoms with Gasteiger partial charge in [-0.1, -0.05) is 23.2 Å². The number of nitrogens with zero attached hydrogens (tertiary/aromatic N) is 1. The molecule has 2 amide bonds. The van der Waals surface area contributed by atoms with Crippen LogP contribution in [0.5, 0.6) is 0 Å². The SMILES string of the molecule is CC(C)NC(=O)c1cc(C(=O)Nc2cc(Cl)ccc2Cl)ccn1. The third-order valence-corrected chi connectivity index (χ3v) is 3.42. The molecule has 0 bridgehead atoms. The van der Waals surface area contributed by atoms with Crippen molar-refractivity contribution in [2.24, 2.45) is 0 Å². The first kappa shape index (κ1) is 17.2. The quantitative estimate of drug-likeness (QED) is 0.880. The van der Waals surface area contributed by atoms with E-state index < -0.39 is 5.91 Å². The molecule has 5 nitrogen and oxygen atoms in total. The van der Waals surface area contributed by atoms with Gasteiger partial charge in [0, 0.05) is 22.8 Å². The van der Waals surface area contributed by atoms with Crippen molar-refractivity contribution < 1.29 is 9.59 Å². The van der Waals surface area contributed by atoms with Gasteiger partial charge >= 0.3 is 0 Å². The highest BCUT2D eigenvalue weighted by molar-refractivity contribution is 6.35. The van der Waals surface area contributed by atoms with Gasteiger partial charge in [0.25, 0.3) is 11.8 Å². The molecule has 0 atom stereocenters. The van der Waals surface area contributed by atoms with Crippen LogP contribution >= 0.6 is 23.2 Å². The van der Waals surface area contributed by atoms with Crippen molar-refractivity contribution in [1.29, 1.82) is 0 Å². The summed E-state index contributed by atoms with van der Waals surface area (Å²) in [5.74, 6) is -0.745. The van der Waals surface area contributed by atoms with Crippen molar-refractivity contribution in [2.45, 2.75) is 19.9 Å². The summed E-state index contributed by atoms with van der Waals surface area (Å²) in [7, 11) is 0. The molecule has 0 aliphatic carbocycles. The standard InChI is InChI=1S/C16H15Cl2N3O2/c1-9(2)20-16(23)14-7-10(5-6-19-14)15(22)21-13-8-11(17)3-4-12(13)18/h3-9H,1-2H3,(H,20,23)(H,21,22). The molecule has 0 unspecified atom stereocenters. The Labute approximate surface area is 144 Å². The molecular formula is C16H15Cl2N3O2. The fourth-order valence-electron chi connectivity index (χ4n) is 1.82. The lowest BCUT2D eigenvalue weighted by molar-refractivity contribution is 0.0938. The third kappa shape index (κ3) is 4.68. The van der Waals surface area contributed by atoms with Crippen LogP contribution in [0.2, 0.25) is 10.0 Å². The Morgan fingerprint density at radius 2 is 1.83 bits per heavy atom. The molecule has 1 aromatic carbocycles. The number of anilines is 1. The minimum atomic E-state index is -0.407. The van der Waals surface area contributed by atoms with Crippen molar-refractivity contribution in [3.63, 3.8) is 0 Å². The molecule has 0 saturated carbocycles. The summed E-state index contributed by atoms with van der Waals surface area (Å²) in [5, 5.41) is 6.20. The summed E-state index contributed by atoms with van der Waals surface area (Å²) in [6, 6.07) is 7.68. The van der Waals surface area contributed by atoms with Gasteiger partial charge in [0.2, 0.25) is 0 Å². The fourth-order valence-corrected chi connectivity index (χ4v) is 2.16. The Hall–Kier alpha value is -2.11.